The molecule has 0 radical (unpaired) electrons. The van der Waals surface area contributed by atoms with Crippen LogP contribution < -0.4 is 0 Å². The van der Waals surface area contributed by atoms with Crippen molar-refractivity contribution >= 4 is 29.0 Å². The Labute approximate surface area is 82.0 Å². The molecule has 0 aromatic rings. The molecule has 1 nitrogen and oxygen atoms in total. The fraction of sp³-hybridized carbons (Fsp3) is 0.444. The Bertz CT molecular complexity index is 266. The zero-order valence-corrected chi connectivity index (χ0v) is 8.49. The van der Waals surface area contributed by atoms with Crippen LogP contribution in [0.3, 0.4) is 0 Å². The van der Waals surface area contributed by atoms with Gasteiger partial charge in [-0.3, -0.25) is 4.79 Å². The van der Waals surface area contributed by atoms with Crippen molar-refractivity contribution < 1.29 is 4.79 Å². The predicted octanol–water partition coefficient (Wildman–Crippen LogP) is 2.88. The lowest BCUT2D eigenvalue weighted by Crippen LogP contribution is -2.26. The second-order valence-electron chi connectivity index (χ2n) is 3.15. The van der Waals surface area contributed by atoms with E-state index >= 15 is 0 Å². The quantitative estimate of drug-likeness (QED) is 0.601. The van der Waals surface area contributed by atoms with E-state index in [-0.39, 0.29) is 5.78 Å². The predicted molar refractivity (Wildman–Crippen MR) is 51.5 cm³/mol. The molecule has 0 spiro atoms. The van der Waals surface area contributed by atoms with Crippen molar-refractivity contribution in [1.29, 1.82) is 0 Å². The van der Waals surface area contributed by atoms with Gasteiger partial charge in [0.25, 0.3) is 0 Å². The van der Waals surface area contributed by atoms with Crippen LogP contribution in [0.4, 0.5) is 0 Å². The van der Waals surface area contributed by atoms with Gasteiger partial charge in [-0.15, -0.1) is 23.2 Å². The summed E-state index contributed by atoms with van der Waals surface area (Å²) in [5.41, 5.74) is 0.516. The van der Waals surface area contributed by atoms with Crippen molar-refractivity contribution in [2.75, 3.05) is 0 Å². The van der Waals surface area contributed by atoms with Gasteiger partial charge in [0.2, 0.25) is 0 Å². The minimum Gasteiger partial charge on any atom is -0.290 e. The Morgan fingerprint density at radius 1 is 1.50 bits per heavy atom. The van der Waals surface area contributed by atoms with E-state index in [1.54, 1.807) is 12.2 Å². The van der Waals surface area contributed by atoms with Gasteiger partial charge in [-0.1, -0.05) is 11.6 Å². The summed E-state index contributed by atoms with van der Waals surface area (Å²) in [7, 11) is 0. The topological polar surface area (TPSA) is 17.1 Å². The van der Waals surface area contributed by atoms with Crippen LogP contribution in [0.15, 0.2) is 23.8 Å². The van der Waals surface area contributed by atoms with Gasteiger partial charge in [-0.2, -0.15) is 0 Å². The third-order valence-corrected chi connectivity index (χ3v) is 3.16. The number of rotatable bonds is 1. The highest BCUT2D eigenvalue weighted by atomic mass is 35.5. The first kappa shape index (κ1) is 9.82. The lowest BCUT2D eigenvalue weighted by Gasteiger charge is -2.30. The van der Waals surface area contributed by atoms with Crippen molar-refractivity contribution in [2.24, 2.45) is 5.41 Å². The molecule has 1 atom stereocenters. The van der Waals surface area contributed by atoms with E-state index in [2.05, 4.69) is 0 Å². The molecule has 0 unspecified atom stereocenters. The number of carbonyl (C=O) groups is 1. The van der Waals surface area contributed by atoms with Gasteiger partial charge >= 0.3 is 0 Å². The molecular weight excluding hydrogens is 195 g/mol. The largest absolute Gasteiger partial charge is 0.290 e. The molecule has 0 bridgehead atoms. The van der Waals surface area contributed by atoms with Gasteiger partial charge in [0.1, 0.15) is 4.84 Å². The lowest BCUT2D eigenvalue weighted by molar-refractivity contribution is -0.110. The third-order valence-electron chi connectivity index (χ3n) is 2.26. The van der Waals surface area contributed by atoms with Crippen LogP contribution >= 0.6 is 23.2 Å². The standard InChI is InChI=1S/C9H10Cl2O/c1-6-5-7(12)3-4-9(6,2)8(10)11/h3-5,8H,1-2H3/t9-/m1/s1. The van der Waals surface area contributed by atoms with Gasteiger partial charge in [-0.25, -0.2) is 0 Å². The number of halogens is 2. The van der Waals surface area contributed by atoms with Crippen molar-refractivity contribution in [1.82, 2.24) is 0 Å². The second kappa shape index (κ2) is 3.23. The van der Waals surface area contributed by atoms with Gasteiger partial charge in [0.15, 0.2) is 5.78 Å². The average Bonchev–Trinajstić information content (AvgIpc) is 1.97. The molecule has 0 saturated carbocycles. The van der Waals surface area contributed by atoms with Crippen LogP contribution in [0.2, 0.25) is 0 Å². The van der Waals surface area contributed by atoms with E-state index in [1.165, 1.54) is 6.08 Å². The molecule has 0 aliphatic heterocycles. The van der Waals surface area contributed by atoms with Crippen LogP contribution in [0, 0.1) is 5.41 Å². The molecule has 0 aromatic carbocycles. The zero-order valence-electron chi connectivity index (χ0n) is 6.97. The van der Waals surface area contributed by atoms with Gasteiger partial charge in [0, 0.05) is 5.41 Å². The summed E-state index contributed by atoms with van der Waals surface area (Å²) in [6.07, 6.45) is 4.83. The summed E-state index contributed by atoms with van der Waals surface area (Å²) < 4.78 is 0. The molecule has 1 aliphatic rings. The number of carbonyl (C=O) groups excluding carboxylic acids is 1. The van der Waals surface area contributed by atoms with E-state index in [1.807, 2.05) is 13.8 Å². The fourth-order valence-electron chi connectivity index (χ4n) is 1.05. The molecule has 3 heteroatoms. The molecule has 0 aromatic heterocycles. The van der Waals surface area contributed by atoms with Crippen LogP contribution in [-0.4, -0.2) is 10.6 Å². The summed E-state index contributed by atoms with van der Waals surface area (Å²) in [5.74, 6) is -0.000965. The van der Waals surface area contributed by atoms with Gasteiger partial charge in [-0.05, 0) is 26.0 Å². The summed E-state index contributed by atoms with van der Waals surface area (Å²) in [5, 5.41) is 0. The number of alkyl halides is 2. The molecule has 1 rings (SSSR count). The maximum absolute atomic E-state index is 10.9. The molecule has 12 heavy (non-hydrogen) atoms. The number of hydrogen-bond acceptors (Lipinski definition) is 1. The Kier molecular flexibility index (Phi) is 2.64. The summed E-state index contributed by atoms with van der Waals surface area (Å²) in [6.45, 7) is 3.77. The molecule has 0 amide bonds. The first-order valence-corrected chi connectivity index (χ1v) is 4.54. The van der Waals surface area contributed by atoms with E-state index in [4.69, 9.17) is 23.2 Å². The molecule has 0 fully saturated rings. The van der Waals surface area contributed by atoms with Crippen molar-refractivity contribution in [2.45, 2.75) is 18.7 Å². The smallest absolute Gasteiger partial charge is 0.178 e. The molecule has 0 N–H and O–H groups in total. The minimum absolute atomic E-state index is 0.000965. The van der Waals surface area contributed by atoms with Crippen molar-refractivity contribution in [3.05, 3.63) is 23.8 Å². The highest BCUT2D eigenvalue weighted by Gasteiger charge is 2.33. The number of ketones is 1. The number of allylic oxidation sites excluding steroid dienone is 4. The molecule has 0 saturated heterocycles. The number of hydrogen-bond donors (Lipinski definition) is 0. The van der Waals surface area contributed by atoms with Gasteiger partial charge < -0.3 is 0 Å². The van der Waals surface area contributed by atoms with Crippen molar-refractivity contribution in [3.8, 4) is 0 Å². The zero-order chi connectivity index (χ0) is 9.35. The summed E-state index contributed by atoms with van der Waals surface area (Å²) in [6, 6.07) is 0. The Morgan fingerprint density at radius 3 is 2.50 bits per heavy atom. The molecule has 0 heterocycles. The first-order chi connectivity index (χ1) is 5.47. The first-order valence-electron chi connectivity index (χ1n) is 3.67. The summed E-state index contributed by atoms with van der Waals surface area (Å²) in [4.78, 5) is 10.4. The van der Waals surface area contributed by atoms with Crippen LogP contribution in [0.25, 0.3) is 0 Å². The van der Waals surface area contributed by atoms with E-state index < -0.39 is 10.3 Å². The maximum Gasteiger partial charge on any atom is 0.178 e. The lowest BCUT2D eigenvalue weighted by atomic mass is 9.81. The Hall–Kier alpha value is -0.270. The second-order valence-corrected chi connectivity index (χ2v) is 4.24. The fourth-order valence-corrected chi connectivity index (χ4v) is 1.54. The van der Waals surface area contributed by atoms with Gasteiger partial charge in [0.05, 0.1) is 0 Å². The Morgan fingerprint density at radius 2 is 2.08 bits per heavy atom. The monoisotopic (exact) mass is 204 g/mol. The highest BCUT2D eigenvalue weighted by molar-refractivity contribution is 6.45. The molecular formula is C9H10Cl2O. The highest BCUT2D eigenvalue weighted by Crippen LogP contribution is 2.39. The minimum atomic E-state index is -0.516. The third kappa shape index (κ3) is 1.57. The molecule has 1 aliphatic carbocycles. The van der Waals surface area contributed by atoms with E-state index in [9.17, 15) is 4.79 Å². The van der Waals surface area contributed by atoms with Crippen molar-refractivity contribution in [3.63, 3.8) is 0 Å². The van der Waals surface area contributed by atoms with Crippen LogP contribution in [0.5, 0.6) is 0 Å². The normalized spacial score (nSPS) is 29.4. The average molecular weight is 205 g/mol. The molecule has 66 valence electrons. The SMILES string of the molecule is CC1=CC(=O)C=C[C@@]1(C)C(Cl)Cl. The van der Waals surface area contributed by atoms with Crippen LogP contribution in [0.1, 0.15) is 13.8 Å². The Balaban J connectivity index is 3.02. The van der Waals surface area contributed by atoms with E-state index in [0.717, 1.165) is 5.57 Å². The summed E-state index contributed by atoms with van der Waals surface area (Å²) >= 11 is 11.6. The van der Waals surface area contributed by atoms with E-state index in [0.29, 0.717) is 0 Å². The van der Waals surface area contributed by atoms with Crippen LogP contribution in [-0.2, 0) is 4.79 Å². The maximum atomic E-state index is 10.9.